The Kier molecular flexibility index (Phi) is 6.97. The van der Waals surface area contributed by atoms with E-state index in [1.54, 1.807) is 54.6 Å². The zero-order valence-electron chi connectivity index (χ0n) is 17.8. The molecule has 6 nitrogen and oxygen atoms in total. The lowest BCUT2D eigenvalue weighted by Gasteiger charge is -2.19. The highest BCUT2D eigenvalue weighted by Gasteiger charge is 2.21. The van der Waals surface area contributed by atoms with E-state index in [0.717, 1.165) is 6.42 Å². The highest BCUT2D eigenvalue weighted by Crippen LogP contribution is 2.23. The lowest BCUT2D eigenvalue weighted by molar-refractivity contribution is 0.102. The summed E-state index contributed by atoms with van der Waals surface area (Å²) < 4.78 is 32.7. The minimum absolute atomic E-state index is 0.0572. The molecular weight excluding hydrogens is 412 g/mol. The van der Waals surface area contributed by atoms with E-state index in [-0.39, 0.29) is 16.9 Å². The van der Waals surface area contributed by atoms with Gasteiger partial charge in [0.2, 0.25) is 0 Å². The van der Waals surface area contributed by atoms with E-state index in [4.69, 9.17) is 4.74 Å². The fourth-order valence-corrected chi connectivity index (χ4v) is 4.07. The Bertz CT molecular complexity index is 1130. The van der Waals surface area contributed by atoms with Crippen LogP contribution < -0.4 is 14.4 Å². The van der Waals surface area contributed by atoms with Crippen molar-refractivity contribution in [2.75, 3.05) is 16.7 Å². The van der Waals surface area contributed by atoms with Crippen LogP contribution in [0.25, 0.3) is 0 Å². The normalized spacial score (nSPS) is 12.1. The maximum absolute atomic E-state index is 12.9. The molecule has 0 aromatic heterocycles. The molecule has 0 aliphatic rings. The van der Waals surface area contributed by atoms with Crippen molar-refractivity contribution in [3.05, 3.63) is 84.4 Å². The van der Waals surface area contributed by atoms with E-state index < -0.39 is 10.0 Å². The molecule has 0 radical (unpaired) electrons. The zero-order valence-corrected chi connectivity index (χ0v) is 18.6. The summed E-state index contributed by atoms with van der Waals surface area (Å²) in [5.74, 6) is 0.332. The summed E-state index contributed by atoms with van der Waals surface area (Å²) in [6.07, 6.45) is 0.923. The number of hydrogen-bond donors (Lipinski definition) is 1. The third kappa shape index (κ3) is 5.44. The second-order valence-electron chi connectivity index (χ2n) is 7.15. The number of rotatable bonds is 8. The van der Waals surface area contributed by atoms with Crippen molar-refractivity contribution in [3.63, 3.8) is 0 Å². The number of carbonyl (C=O) groups is 1. The maximum Gasteiger partial charge on any atom is 0.264 e. The van der Waals surface area contributed by atoms with Crippen LogP contribution >= 0.6 is 0 Å². The molecule has 0 spiro atoms. The minimum Gasteiger partial charge on any atom is -0.491 e. The van der Waals surface area contributed by atoms with E-state index in [2.05, 4.69) is 5.32 Å². The van der Waals surface area contributed by atoms with E-state index >= 15 is 0 Å². The topological polar surface area (TPSA) is 75.7 Å². The molecular formula is C24H26N2O4S. The Morgan fingerprint density at radius 3 is 2.32 bits per heavy atom. The summed E-state index contributed by atoms with van der Waals surface area (Å²) in [4.78, 5) is 12.7. The number of benzene rings is 3. The molecule has 3 aromatic carbocycles. The molecule has 0 fully saturated rings. The maximum atomic E-state index is 12.9. The van der Waals surface area contributed by atoms with Crippen molar-refractivity contribution in [1.82, 2.24) is 0 Å². The average Bonchev–Trinajstić information content (AvgIpc) is 2.79. The number of amides is 1. The van der Waals surface area contributed by atoms with Gasteiger partial charge in [-0.2, -0.15) is 0 Å². The molecule has 1 atom stereocenters. The molecule has 1 N–H and O–H groups in total. The first-order chi connectivity index (χ1) is 14.8. The summed E-state index contributed by atoms with van der Waals surface area (Å²) in [7, 11) is -2.20. The Hall–Kier alpha value is -3.32. The smallest absolute Gasteiger partial charge is 0.264 e. The number of hydrogen-bond acceptors (Lipinski definition) is 4. The lowest BCUT2D eigenvalue weighted by atomic mass is 10.2. The predicted molar refractivity (Wildman–Crippen MR) is 123 cm³/mol. The molecule has 3 rings (SSSR count). The Morgan fingerprint density at radius 2 is 1.68 bits per heavy atom. The molecule has 1 amide bonds. The molecule has 162 valence electrons. The Morgan fingerprint density at radius 1 is 1.00 bits per heavy atom. The van der Waals surface area contributed by atoms with Crippen molar-refractivity contribution in [2.24, 2.45) is 0 Å². The lowest BCUT2D eigenvalue weighted by Crippen LogP contribution is -2.26. The third-order valence-electron chi connectivity index (χ3n) is 4.90. The molecule has 0 saturated carbocycles. The standard InChI is InChI=1S/C24H26N2O4S/c1-4-18(2)30-22-12-8-9-19(17-22)24(27)25-20-13-15-23(16-14-20)31(28,29)26(3)21-10-6-5-7-11-21/h5-18H,4H2,1-3H3,(H,25,27). The van der Waals surface area contributed by atoms with Gasteiger partial charge in [0.25, 0.3) is 15.9 Å². The summed E-state index contributed by atoms with van der Waals surface area (Å²) in [6, 6.07) is 21.9. The number of para-hydroxylation sites is 1. The van der Waals surface area contributed by atoms with E-state index in [1.807, 2.05) is 26.0 Å². The quantitative estimate of drug-likeness (QED) is 0.540. The van der Waals surface area contributed by atoms with Crippen molar-refractivity contribution in [1.29, 1.82) is 0 Å². The van der Waals surface area contributed by atoms with Crippen LogP contribution in [0.15, 0.2) is 83.8 Å². The van der Waals surface area contributed by atoms with Gasteiger partial charge in [-0.3, -0.25) is 9.10 Å². The van der Waals surface area contributed by atoms with E-state index in [9.17, 15) is 13.2 Å². The summed E-state index contributed by atoms with van der Waals surface area (Å²) in [5, 5.41) is 2.79. The van der Waals surface area contributed by atoms with Crippen LogP contribution in [0.3, 0.4) is 0 Å². The van der Waals surface area contributed by atoms with Gasteiger partial charge in [-0.15, -0.1) is 0 Å². The Labute approximate surface area is 183 Å². The van der Waals surface area contributed by atoms with Gasteiger partial charge in [0.05, 0.1) is 16.7 Å². The number of ether oxygens (including phenoxy) is 1. The van der Waals surface area contributed by atoms with Crippen LogP contribution in [0.1, 0.15) is 30.6 Å². The molecule has 0 aliphatic carbocycles. The van der Waals surface area contributed by atoms with Crippen LogP contribution in [0, 0.1) is 0 Å². The van der Waals surface area contributed by atoms with Crippen molar-refractivity contribution < 1.29 is 17.9 Å². The van der Waals surface area contributed by atoms with Crippen LogP contribution in [-0.4, -0.2) is 27.5 Å². The van der Waals surface area contributed by atoms with E-state index in [0.29, 0.717) is 22.7 Å². The van der Waals surface area contributed by atoms with Gasteiger partial charge in [-0.25, -0.2) is 8.42 Å². The summed E-state index contributed by atoms with van der Waals surface area (Å²) in [5.41, 5.74) is 1.53. The second kappa shape index (κ2) is 9.66. The molecule has 3 aromatic rings. The predicted octanol–water partition coefficient (Wildman–Crippen LogP) is 4.94. The van der Waals surface area contributed by atoms with Gasteiger partial charge < -0.3 is 10.1 Å². The fourth-order valence-electron chi connectivity index (χ4n) is 2.87. The number of nitrogens with zero attached hydrogens (tertiary/aromatic N) is 1. The molecule has 0 aliphatic heterocycles. The molecule has 0 heterocycles. The van der Waals surface area contributed by atoms with Crippen LogP contribution in [-0.2, 0) is 10.0 Å². The van der Waals surface area contributed by atoms with Gasteiger partial charge in [0.15, 0.2) is 0 Å². The van der Waals surface area contributed by atoms with Crippen molar-refractivity contribution >= 4 is 27.3 Å². The van der Waals surface area contributed by atoms with E-state index in [1.165, 1.54) is 23.5 Å². The van der Waals surface area contributed by atoms with Crippen LogP contribution in [0.2, 0.25) is 0 Å². The monoisotopic (exact) mass is 438 g/mol. The molecule has 0 saturated heterocycles. The summed E-state index contributed by atoms with van der Waals surface area (Å²) >= 11 is 0. The number of anilines is 2. The van der Waals surface area contributed by atoms with Gasteiger partial charge in [-0.1, -0.05) is 31.2 Å². The molecule has 7 heteroatoms. The average molecular weight is 439 g/mol. The third-order valence-corrected chi connectivity index (χ3v) is 6.70. The first-order valence-electron chi connectivity index (χ1n) is 10.0. The van der Waals surface area contributed by atoms with Crippen LogP contribution in [0.5, 0.6) is 5.75 Å². The number of carbonyl (C=O) groups excluding carboxylic acids is 1. The first kappa shape index (κ1) is 22.4. The highest BCUT2D eigenvalue weighted by atomic mass is 32.2. The van der Waals surface area contributed by atoms with Gasteiger partial charge >= 0.3 is 0 Å². The molecule has 1 unspecified atom stereocenters. The van der Waals surface area contributed by atoms with Crippen molar-refractivity contribution in [3.8, 4) is 5.75 Å². The van der Waals surface area contributed by atoms with Gasteiger partial charge in [0, 0.05) is 18.3 Å². The highest BCUT2D eigenvalue weighted by molar-refractivity contribution is 7.92. The number of sulfonamides is 1. The molecule has 0 bridgehead atoms. The van der Waals surface area contributed by atoms with Crippen molar-refractivity contribution in [2.45, 2.75) is 31.3 Å². The number of nitrogens with one attached hydrogen (secondary N) is 1. The summed E-state index contributed by atoms with van der Waals surface area (Å²) in [6.45, 7) is 4.00. The molecule has 31 heavy (non-hydrogen) atoms. The van der Waals surface area contributed by atoms with Crippen LogP contribution in [0.4, 0.5) is 11.4 Å². The largest absolute Gasteiger partial charge is 0.491 e. The van der Waals surface area contributed by atoms with Gasteiger partial charge in [-0.05, 0) is 67.9 Å². The zero-order chi connectivity index (χ0) is 22.4. The first-order valence-corrected chi connectivity index (χ1v) is 11.5. The fraction of sp³-hybridized carbons (Fsp3) is 0.208. The second-order valence-corrected chi connectivity index (χ2v) is 9.12. The minimum atomic E-state index is -3.71. The van der Waals surface area contributed by atoms with Gasteiger partial charge in [0.1, 0.15) is 5.75 Å². The Balaban J connectivity index is 1.72. The SMILES string of the molecule is CCC(C)Oc1cccc(C(=O)Nc2ccc(S(=O)(=O)N(C)c3ccccc3)cc2)c1.